The predicted octanol–water partition coefficient (Wildman–Crippen LogP) is 1.88. The number of rotatable bonds is 5. The van der Waals surface area contributed by atoms with E-state index in [9.17, 15) is 9.59 Å². The van der Waals surface area contributed by atoms with Gasteiger partial charge in [0.15, 0.2) is 0 Å². The van der Waals surface area contributed by atoms with Crippen LogP contribution in [0.1, 0.15) is 16.8 Å². The lowest BCUT2D eigenvalue weighted by atomic mass is 10.1. The Morgan fingerprint density at radius 3 is 2.72 bits per heavy atom. The summed E-state index contributed by atoms with van der Waals surface area (Å²) in [6, 6.07) is 3.33. The summed E-state index contributed by atoms with van der Waals surface area (Å²) in [6.45, 7) is 3.48. The highest BCUT2D eigenvalue weighted by molar-refractivity contribution is 6.31. The Bertz CT molecular complexity index is 488. The zero-order chi connectivity index (χ0) is 13.7. The third-order valence-electron chi connectivity index (χ3n) is 2.17. The van der Waals surface area contributed by atoms with Gasteiger partial charge in [0, 0.05) is 10.7 Å². The highest BCUT2D eigenvalue weighted by Gasteiger charge is 2.13. The van der Waals surface area contributed by atoms with E-state index in [-0.39, 0.29) is 10.6 Å². The molecule has 0 aromatic heterocycles. The number of carbonyl (C=O) groups is 2. The molecule has 0 aliphatic heterocycles. The van der Waals surface area contributed by atoms with Crippen molar-refractivity contribution in [3.63, 3.8) is 0 Å². The Morgan fingerprint density at radius 2 is 2.17 bits per heavy atom. The molecule has 0 saturated carbocycles. The Hall–Kier alpha value is -1.85. The molecule has 1 aromatic rings. The van der Waals surface area contributed by atoms with Gasteiger partial charge in [-0.2, -0.15) is 0 Å². The minimum atomic E-state index is -1.12. The topological polar surface area (TPSA) is 92.4 Å². The molecule has 96 valence electrons. The molecule has 0 bridgehead atoms. The van der Waals surface area contributed by atoms with Crippen LogP contribution in [-0.2, 0) is 4.79 Å². The summed E-state index contributed by atoms with van der Waals surface area (Å²) in [7, 11) is 0. The van der Waals surface area contributed by atoms with Crippen LogP contribution < -0.4 is 11.1 Å². The standard InChI is InChI=1S/C12H13ClN2O3/c1-2-3-10(14)11(16)15-9-5-7(12(17)18)4-8(13)6-9/h2,4-6,10H,1,3,14H2,(H,15,16)(H,17,18). The van der Waals surface area contributed by atoms with E-state index in [4.69, 9.17) is 22.4 Å². The number of nitrogens with one attached hydrogen (secondary N) is 1. The van der Waals surface area contributed by atoms with Crippen molar-refractivity contribution in [2.24, 2.45) is 5.73 Å². The van der Waals surface area contributed by atoms with E-state index in [1.807, 2.05) is 0 Å². The van der Waals surface area contributed by atoms with Gasteiger partial charge < -0.3 is 16.2 Å². The second-order valence-corrected chi connectivity index (χ2v) is 4.09. The van der Waals surface area contributed by atoms with Crippen LogP contribution in [0.25, 0.3) is 0 Å². The molecule has 1 rings (SSSR count). The predicted molar refractivity (Wildman–Crippen MR) is 69.8 cm³/mol. The number of hydrogen-bond acceptors (Lipinski definition) is 3. The molecule has 0 fully saturated rings. The Morgan fingerprint density at radius 1 is 1.50 bits per heavy atom. The maximum Gasteiger partial charge on any atom is 0.335 e. The maximum absolute atomic E-state index is 11.6. The van der Waals surface area contributed by atoms with Gasteiger partial charge in [0.25, 0.3) is 0 Å². The summed E-state index contributed by atoms with van der Waals surface area (Å²) in [5, 5.41) is 11.6. The molecule has 0 saturated heterocycles. The number of benzene rings is 1. The number of carboxylic acid groups (broad SMARTS) is 1. The van der Waals surface area contributed by atoms with Gasteiger partial charge in [-0.05, 0) is 24.6 Å². The monoisotopic (exact) mass is 268 g/mol. The van der Waals surface area contributed by atoms with E-state index in [1.165, 1.54) is 24.3 Å². The highest BCUT2D eigenvalue weighted by Crippen LogP contribution is 2.19. The number of carbonyl (C=O) groups excluding carboxylic acids is 1. The molecule has 6 heteroatoms. The van der Waals surface area contributed by atoms with Crippen molar-refractivity contribution < 1.29 is 14.7 Å². The van der Waals surface area contributed by atoms with Crippen molar-refractivity contribution in [2.45, 2.75) is 12.5 Å². The number of carboxylic acids is 1. The largest absolute Gasteiger partial charge is 0.478 e. The average molecular weight is 269 g/mol. The highest BCUT2D eigenvalue weighted by atomic mass is 35.5. The van der Waals surface area contributed by atoms with Crippen molar-refractivity contribution in [3.05, 3.63) is 41.4 Å². The second-order valence-electron chi connectivity index (χ2n) is 3.65. The third-order valence-corrected chi connectivity index (χ3v) is 2.39. The Labute approximate surface area is 109 Å². The van der Waals surface area contributed by atoms with Crippen molar-refractivity contribution in [1.29, 1.82) is 0 Å². The Balaban J connectivity index is 2.87. The van der Waals surface area contributed by atoms with E-state index in [2.05, 4.69) is 11.9 Å². The molecule has 0 radical (unpaired) electrons. The van der Waals surface area contributed by atoms with Gasteiger partial charge >= 0.3 is 5.97 Å². The number of amides is 1. The number of aromatic carboxylic acids is 1. The molecule has 4 N–H and O–H groups in total. The first-order valence-corrected chi connectivity index (χ1v) is 5.53. The van der Waals surface area contributed by atoms with Crippen LogP contribution in [0, 0.1) is 0 Å². The molecule has 1 aromatic carbocycles. The summed E-state index contributed by atoms with van der Waals surface area (Å²) in [6.07, 6.45) is 1.86. The molecule has 18 heavy (non-hydrogen) atoms. The molecule has 1 amide bonds. The van der Waals surface area contributed by atoms with Crippen LogP contribution >= 0.6 is 11.6 Å². The minimum Gasteiger partial charge on any atom is -0.478 e. The summed E-state index contributed by atoms with van der Waals surface area (Å²) in [4.78, 5) is 22.4. The quantitative estimate of drug-likeness (QED) is 0.711. The number of anilines is 1. The fourth-order valence-corrected chi connectivity index (χ4v) is 1.54. The first-order chi connectivity index (χ1) is 8.43. The zero-order valence-electron chi connectivity index (χ0n) is 9.52. The summed E-state index contributed by atoms with van der Waals surface area (Å²) >= 11 is 5.76. The first-order valence-electron chi connectivity index (χ1n) is 5.15. The van der Waals surface area contributed by atoms with Crippen LogP contribution in [0.5, 0.6) is 0 Å². The van der Waals surface area contributed by atoms with E-state index < -0.39 is 17.9 Å². The zero-order valence-corrected chi connectivity index (χ0v) is 10.3. The van der Waals surface area contributed by atoms with Gasteiger partial charge in [0.2, 0.25) is 5.91 Å². The Kier molecular flexibility index (Phi) is 4.88. The second kappa shape index (κ2) is 6.18. The van der Waals surface area contributed by atoms with E-state index in [0.717, 1.165) is 0 Å². The van der Waals surface area contributed by atoms with Crippen LogP contribution in [0.4, 0.5) is 5.69 Å². The lowest BCUT2D eigenvalue weighted by Crippen LogP contribution is -2.35. The molecule has 5 nitrogen and oxygen atoms in total. The lowest BCUT2D eigenvalue weighted by Gasteiger charge is -2.11. The molecule has 0 aliphatic carbocycles. The first kappa shape index (κ1) is 14.2. The maximum atomic E-state index is 11.6. The van der Waals surface area contributed by atoms with Gasteiger partial charge in [-0.1, -0.05) is 17.7 Å². The van der Waals surface area contributed by atoms with Crippen molar-refractivity contribution in [2.75, 3.05) is 5.32 Å². The van der Waals surface area contributed by atoms with E-state index in [1.54, 1.807) is 0 Å². The summed E-state index contributed by atoms with van der Waals surface area (Å²) in [5.74, 6) is -1.54. The van der Waals surface area contributed by atoms with Gasteiger partial charge in [-0.25, -0.2) is 4.79 Å². The molecular formula is C12H13ClN2O3. The average Bonchev–Trinajstić information content (AvgIpc) is 2.28. The lowest BCUT2D eigenvalue weighted by molar-refractivity contribution is -0.117. The molecule has 0 aliphatic rings. The fraction of sp³-hybridized carbons (Fsp3) is 0.167. The van der Waals surface area contributed by atoms with Crippen molar-refractivity contribution in [3.8, 4) is 0 Å². The molecular weight excluding hydrogens is 256 g/mol. The van der Waals surface area contributed by atoms with Crippen LogP contribution in [-0.4, -0.2) is 23.0 Å². The third kappa shape index (κ3) is 3.87. The smallest absolute Gasteiger partial charge is 0.335 e. The number of hydrogen-bond donors (Lipinski definition) is 3. The van der Waals surface area contributed by atoms with Crippen LogP contribution in [0.2, 0.25) is 5.02 Å². The van der Waals surface area contributed by atoms with Gasteiger partial charge in [0.1, 0.15) is 0 Å². The van der Waals surface area contributed by atoms with E-state index >= 15 is 0 Å². The van der Waals surface area contributed by atoms with Crippen molar-refractivity contribution >= 4 is 29.2 Å². The van der Waals surface area contributed by atoms with Gasteiger partial charge in [-0.3, -0.25) is 4.79 Å². The minimum absolute atomic E-state index is 0.00454. The summed E-state index contributed by atoms with van der Waals surface area (Å²) in [5.41, 5.74) is 5.87. The van der Waals surface area contributed by atoms with Gasteiger partial charge in [0.05, 0.1) is 11.6 Å². The van der Waals surface area contributed by atoms with Crippen LogP contribution in [0.3, 0.4) is 0 Å². The number of halogens is 1. The van der Waals surface area contributed by atoms with Crippen molar-refractivity contribution in [1.82, 2.24) is 0 Å². The fourth-order valence-electron chi connectivity index (χ4n) is 1.31. The van der Waals surface area contributed by atoms with E-state index in [0.29, 0.717) is 12.1 Å². The van der Waals surface area contributed by atoms with Crippen LogP contribution in [0.15, 0.2) is 30.9 Å². The SMILES string of the molecule is C=CCC(N)C(=O)Nc1cc(Cl)cc(C(=O)O)c1. The summed E-state index contributed by atoms with van der Waals surface area (Å²) < 4.78 is 0. The molecule has 1 atom stereocenters. The molecule has 0 heterocycles. The van der Waals surface area contributed by atoms with Gasteiger partial charge in [-0.15, -0.1) is 6.58 Å². The molecule has 1 unspecified atom stereocenters. The molecule has 0 spiro atoms. The normalized spacial score (nSPS) is 11.7. The number of nitrogens with two attached hydrogens (primary N) is 1.